The Kier molecular flexibility index (Phi) is 23.3. The van der Waals surface area contributed by atoms with Crippen LogP contribution in [0.5, 0.6) is 11.5 Å². The van der Waals surface area contributed by atoms with Crippen LogP contribution in [0.1, 0.15) is 164 Å². The molecule has 0 saturated heterocycles. The lowest BCUT2D eigenvalue weighted by molar-refractivity contribution is -0.174. The Bertz CT molecular complexity index is 1530. The largest absolute Gasteiger partial charge is 0.490 e. The van der Waals surface area contributed by atoms with Crippen LogP contribution in [0.25, 0.3) is 0 Å². The zero-order valence-corrected chi connectivity index (χ0v) is 38.0. The summed E-state index contributed by atoms with van der Waals surface area (Å²) in [5.74, 6) is 0.0636. The molecule has 2 saturated carbocycles. The SMILES string of the molecule is CCCCCC1CCC(/C=C/COc2ccc(C(=O)O[C@@H](C(=O)OCCC)[C@@H](OC(=O)c3ccc(OC/C=C/C4CCC(CCCCC)CC4)cc3)C(=O)OCCC)cc2)CC1. The molecule has 0 aliphatic heterocycles. The third-order valence-corrected chi connectivity index (χ3v) is 12.0. The third kappa shape index (κ3) is 18.0. The summed E-state index contributed by atoms with van der Waals surface area (Å²) >= 11 is 0. The van der Waals surface area contributed by atoms with Gasteiger partial charge in [0.15, 0.2) is 0 Å². The number of rotatable bonds is 27. The van der Waals surface area contributed by atoms with Crippen molar-refractivity contribution in [1.29, 1.82) is 0 Å². The van der Waals surface area contributed by atoms with E-state index >= 15 is 0 Å². The van der Waals surface area contributed by atoms with Crippen molar-refractivity contribution in [2.45, 2.75) is 155 Å². The molecule has 0 spiro atoms. The van der Waals surface area contributed by atoms with Gasteiger partial charge in [-0.2, -0.15) is 0 Å². The van der Waals surface area contributed by atoms with Crippen LogP contribution in [0.15, 0.2) is 72.8 Å². The zero-order chi connectivity index (χ0) is 44.4. The molecule has 0 N–H and O–H groups in total. The van der Waals surface area contributed by atoms with Crippen LogP contribution in [0.2, 0.25) is 0 Å². The molecule has 0 unspecified atom stereocenters. The molecule has 2 aliphatic rings. The van der Waals surface area contributed by atoms with Crippen LogP contribution in [-0.2, 0) is 28.5 Å². The van der Waals surface area contributed by atoms with E-state index in [-0.39, 0.29) is 24.3 Å². The number of benzene rings is 2. The molecule has 2 aliphatic carbocycles. The number of carbonyl (C=O) groups excluding carboxylic acids is 4. The molecular formula is C52H74O10. The molecule has 2 fully saturated rings. The van der Waals surface area contributed by atoms with Crippen LogP contribution in [0.4, 0.5) is 0 Å². The average molecular weight is 859 g/mol. The van der Waals surface area contributed by atoms with E-state index in [0.717, 1.165) is 11.8 Å². The van der Waals surface area contributed by atoms with Crippen molar-refractivity contribution < 1.29 is 47.6 Å². The highest BCUT2D eigenvalue weighted by Gasteiger charge is 2.43. The summed E-state index contributed by atoms with van der Waals surface area (Å²) in [6, 6.07) is 12.6. The van der Waals surface area contributed by atoms with E-state index in [1.165, 1.54) is 127 Å². The summed E-state index contributed by atoms with van der Waals surface area (Å²) in [5, 5.41) is 0. The van der Waals surface area contributed by atoms with E-state index < -0.39 is 36.1 Å². The van der Waals surface area contributed by atoms with Crippen LogP contribution in [0.3, 0.4) is 0 Å². The number of carbonyl (C=O) groups is 4. The van der Waals surface area contributed by atoms with Gasteiger partial charge in [0.1, 0.15) is 24.7 Å². The van der Waals surface area contributed by atoms with E-state index in [1.807, 2.05) is 0 Å². The first-order valence-corrected chi connectivity index (χ1v) is 23.8. The quantitative estimate of drug-likeness (QED) is 0.0371. The summed E-state index contributed by atoms with van der Waals surface area (Å²) in [7, 11) is 0. The van der Waals surface area contributed by atoms with E-state index in [9.17, 15) is 19.2 Å². The van der Waals surface area contributed by atoms with Gasteiger partial charge in [-0.15, -0.1) is 0 Å². The fourth-order valence-corrected chi connectivity index (χ4v) is 8.27. The van der Waals surface area contributed by atoms with Gasteiger partial charge in [0, 0.05) is 0 Å². The van der Waals surface area contributed by atoms with Crippen molar-refractivity contribution in [3.05, 3.63) is 84.0 Å². The predicted octanol–water partition coefficient (Wildman–Crippen LogP) is 12.0. The molecule has 342 valence electrons. The lowest BCUT2D eigenvalue weighted by Gasteiger charge is -2.26. The number of ether oxygens (including phenoxy) is 6. The normalized spacial score (nSPS) is 20.0. The van der Waals surface area contributed by atoms with Gasteiger partial charge in [-0.3, -0.25) is 0 Å². The Morgan fingerprint density at radius 3 is 1.23 bits per heavy atom. The van der Waals surface area contributed by atoms with Gasteiger partial charge in [0.05, 0.1) is 24.3 Å². The van der Waals surface area contributed by atoms with Crippen molar-refractivity contribution >= 4 is 23.9 Å². The standard InChI is InChI=1S/C52H74O10/c1-5-9-11-15-39-19-23-41(24-20-39)17-13-37-57-45-31-27-43(28-32-45)49(53)61-47(51(55)59-35-7-3)48(52(56)60-36-8-4)62-50(54)44-29-33-46(34-30-44)58-38-14-18-42-25-21-40(22-26-42)16-12-10-6-2/h13-14,17-18,27-34,39-42,47-48H,5-12,15-16,19-26,35-38H2,1-4H3/b17-13+,18-14+/t39?,40?,41?,42?,47-,48-/m1/s1. The van der Waals surface area contributed by atoms with Crippen molar-refractivity contribution in [2.24, 2.45) is 23.7 Å². The molecule has 0 amide bonds. The van der Waals surface area contributed by atoms with E-state index in [2.05, 4.69) is 38.2 Å². The van der Waals surface area contributed by atoms with Crippen LogP contribution in [-0.4, -0.2) is 62.5 Å². The molecule has 10 heteroatoms. The van der Waals surface area contributed by atoms with Gasteiger partial charge in [-0.1, -0.05) is 103 Å². The summed E-state index contributed by atoms with van der Waals surface area (Å²) in [6.45, 7) is 8.87. The first-order valence-electron chi connectivity index (χ1n) is 23.8. The number of unbranched alkanes of at least 4 members (excludes halogenated alkanes) is 4. The van der Waals surface area contributed by atoms with Gasteiger partial charge < -0.3 is 28.4 Å². The molecule has 0 aromatic heterocycles. The molecule has 2 aromatic rings. The minimum atomic E-state index is -1.93. The minimum absolute atomic E-state index is 0.00471. The highest BCUT2D eigenvalue weighted by molar-refractivity contribution is 5.96. The maximum Gasteiger partial charge on any atom is 0.352 e. The van der Waals surface area contributed by atoms with E-state index in [0.29, 0.717) is 49.4 Å². The smallest absolute Gasteiger partial charge is 0.352 e. The predicted molar refractivity (Wildman–Crippen MR) is 242 cm³/mol. The summed E-state index contributed by atoms with van der Waals surface area (Å²) in [5.41, 5.74) is 0.194. The lowest BCUT2D eigenvalue weighted by Crippen LogP contribution is -2.47. The highest BCUT2D eigenvalue weighted by Crippen LogP contribution is 2.34. The molecule has 2 aromatic carbocycles. The molecular weight excluding hydrogens is 785 g/mol. The second kappa shape index (κ2) is 28.9. The second-order valence-corrected chi connectivity index (χ2v) is 17.1. The second-order valence-electron chi connectivity index (χ2n) is 17.1. The molecule has 0 heterocycles. The van der Waals surface area contributed by atoms with Crippen molar-refractivity contribution in [2.75, 3.05) is 26.4 Å². The van der Waals surface area contributed by atoms with Crippen LogP contribution in [0, 0.1) is 23.7 Å². The molecule has 2 atom stereocenters. The van der Waals surface area contributed by atoms with Crippen molar-refractivity contribution in [1.82, 2.24) is 0 Å². The maximum atomic E-state index is 13.5. The molecule has 0 bridgehead atoms. The summed E-state index contributed by atoms with van der Waals surface area (Å²) in [4.78, 5) is 53.7. The van der Waals surface area contributed by atoms with Gasteiger partial charge >= 0.3 is 23.9 Å². The van der Waals surface area contributed by atoms with E-state index in [4.69, 9.17) is 28.4 Å². The maximum absolute atomic E-state index is 13.5. The zero-order valence-electron chi connectivity index (χ0n) is 38.0. The van der Waals surface area contributed by atoms with Crippen molar-refractivity contribution in [3.63, 3.8) is 0 Å². The highest BCUT2D eigenvalue weighted by atomic mass is 16.6. The first kappa shape index (κ1) is 50.0. The van der Waals surface area contributed by atoms with Crippen molar-refractivity contribution in [3.8, 4) is 11.5 Å². The van der Waals surface area contributed by atoms with Gasteiger partial charge in [-0.05, 0) is 136 Å². The number of allylic oxidation sites excluding steroid dienone is 2. The Balaban J connectivity index is 1.32. The number of hydrogen-bond acceptors (Lipinski definition) is 10. The average Bonchev–Trinajstić information content (AvgIpc) is 3.30. The topological polar surface area (TPSA) is 124 Å². The summed E-state index contributed by atoms with van der Waals surface area (Å²) < 4.78 is 33.7. The first-order chi connectivity index (χ1) is 30.2. The minimum Gasteiger partial charge on any atom is -0.490 e. The molecule has 62 heavy (non-hydrogen) atoms. The van der Waals surface area contributed by atoms with Gasteiger partial charge in [0.25, 0.3) is 0 Å². The summed E-state index contributed by atoms with van der Waals surface area (Å²) in [6.07, 6.45) is 26.3. The Hall–Kier alpha value is -4.60. The Labute approximate surface area is 371 Å². The third-order valence-electron chi connectivity index (χ3n) is 12.0. The molecule has 0 radical (unpaired) electrons. The fraction of sp³-hybridized carbons (Fsp3) is 0.615. The van der Waals surface area contributed by atoms with Crippen LogP contribution < -0.4 is 9.47 Å². The Morgan fingerprint density at radius 1 is 0.516 bits per heavy atom. The van der Waals surface area contributed by atoms with E-state index in [1.54, 1.807) is 38.1 Å². The van der Waals surface area contributed by atoms with Gasteiger partial charge in [-0.25, -0.2) is 19.2 Å². The molecule has 10 nitrogen and oxygen atoms in total. The monoisotopic (exact) mass is 859 g/mol. The van der Waals surface area contributed by atoms with Gasteiger partial charge in [0.2, 0.25) is 12.2 Å². The number of hydrogen-bond donors (Lipinski definition) is 0. The molecule has 4 rings (SSSR count). The lowest BCUT2D eigenvalue weighted by atomic mass is 9.79. The fourth-order valence-electron chi connectivity index (χ4n) is 8.27. The van der Waals surface area contributed by atoms with Crippen LogP contribution >= 0.6 is 0 Å². The Morgan fingerprint density at radius 2 is 0.887 bits per heavy atom. The number of esters is 4.